The minimum atomic E-state index is -0.344. The topological polar surface area (TPSA) is 80.2 Å². The Balaban J connectivity index is 2.28. The van der Waals surface area contributed by atoms with E-state index in [4.69, 9.17) is 11.5 Å². The zero-order valence-electron chi connectivity index (χ0n) is 12.2. The van der Waals surface area contributed by atoms with E-state index in [1.807, 2.05) is 25.1 Å². The van der Waals surface area contributed by atoms with Crippen LogP contribution < -0.4 is 16.8 Å². The van der Waals surface area contributed by atoms with E-state index in [-0.39, 0.29) is 5.82 Å². The van der Waals surface area contributed by atoms with Gasteiger partial charge in [0, 0.05) is 30.5 Å². The summed E-state index contributed by atoms with van der Waals surface area (Å²) in [6.07, 6.45) is 1.56. The van der Waals surface area contributed by atoms with Crippen LogP contribution in [0.2, 0.25) is 0 Å². The van der Waals surface area contributed by atoms with Gasteiger partial charge >= 0.3 is 0 Å². The molecule has 0 atom stereocenters. The van der Waals surface area contributed by atoms with Gasteiger partial charge in [-0.2, -0.15) is 0 Å². The Kier molecular flexibility index (Phi) is 4.59. The first kappa shape index (κ1) is 15.1. The first-order valence-corrected chi connectivity index (χ1v) is 6.67. The van der Waals surface area contributed by atoms with Gasteiger partial charge < -0.3 is 21.7 Å². The molecular formula is C15H20FN5. The lowest BCUT2D eigenvalue weighted by Gasteiger charge is -2.13. The van der Waals surface area contributed by atoms with Crippen LogP contribution in [0.15, 0.2) is 30.5 Å². The Labute approximate surface area is 123 Å². The number of aromatic nitrogens is 1. The monoisotopic (exact) mass is 289 g/mol. The van der Waals surface area contributed by atoms with E-state index in [9.17, 15) is 4.39 Å². The molecule has 21 heavy (non-hydrogen) atoms. The molecule has 0 aliphatic rings. The van der Waals surface area contributed by atoms with E-state index in [0.29, 0.717) is 28.3 Å². The molecule has 0 saturated carbocycles. The molecule has 0 unspecified atom stereocenters. The predicted molar refractivity (Wildman–Crippen MR) is 85.5 cm³/mol. The van der Waals surface area contributed by atoms with Gasteiger partial charge in [-0.3, -0.25) is 4.98 Å². The van der Waals surface area contributed by atoms with Gasteiger partial charge in [-0.05, 0) is 38.4 Å². The number of anilines is 3. The zero-order valence-corrected chi connectivity index (χ0v) is 12.2. The van der Waals surface area contributed by atoms with E-state index < -0.39 is 0 Å². The van der Waals surface area contributed by atoms with Crippen molar-refractivity contribution in [3.8, 4) is 11.3 Å². The number of benzene rings is 1. The number of hydrogen-bond acceptors (Lipinski definition) is 5. The van der Waals surface area contributed by atoms with E-state index >= 15 is 0 Å². The normalized spacial score (nSPS) is 10.9. The third kappa shape index (κ3) is 3.82. The number of nitrogens with one attached hydrogen (secondary N) is 1. The van der Waals surface area contributed by atoms with Crippen LogP contribution in [0, 0.1) is 5.82 Å². The van der Waals surface area contributed by atoms with Crippen LogP contribution in [0.5, 0.6) is 0 Å². The number of pyridine rings is 1. The zero-order chi connectivity index (χ0) is 15.4. The molecule has 1 heterocycles. The van der Waals surface area contributed by atoms with Crippen LogP contribution in [0.4, 0.5) is 21.5 Å². The third-order valence-electron chi connectivity index (χ3n) is 3.08. The van der Waals surface area contributed by atoms with Crippen molar-refractivity contribution in [1.82, 2.24) is 9.88 Å². The quantitative estimate of drug-likeness (QED) is 0.784. The molecule has 0 bridgehead atoms. The van der Waals surface area contributed by atoms with Crippen molar-refractivity contribution in [1.29, 1.82) is 0 Å². The molecule has 0 spiro atoms. The Bertz CT molecular complexity index is 627. The molecule has 2 aromatic rings. The minimum Gasteiger partial charge on any atom is -0.397 e. The number of hydrogen-bond donors (Lipinski definition) is 3. The van der Waals surface area contributed by atoms with Crippen molar-refractivity contribution in [3.05, 3.63) is 36.3 Å². The summed E-state index contributed by atoms with van der Waals surface area (Å²) in [7, 11) is 3.96. The number of halogens is 1. The predicted octanol–water partition coefficient (Wildman–Crippen LogP) is 2.03. The molecular weight excluding hydrogens is 269 g/mol. The van der Waals surface area contributed by atoms with E-state index in [1.165, 1.54) is 12.1 Å². The summed E-state index contributed by atoms with van der Waals surface area (Å²) in [4.78, 5) is 6.24. The van der Waals surface area contributed by atoms with Crippen molar-refractivity contribution in [2.24, 2.45) is 0 Å². The molecule has 0 amide bonds. The van der Waals surface area contributed by atoms with Crippen LogP contribution in [0.25, 0.3) is 11.3 Å². The molecule has 1 aromatic carbocycles. The van der Waals surface area contributed by atoms with E-state index in [0.717, 1.165) is 13.1 Å². The highest BCUT2D eigenvalue weighted by Gasteiger charge is 2.09. The van der Waals surface area contributed by atoms with Crippen molar-refractivity contribution in [3.63, 3.8) is 0 Å². The number of nitrogen functional groups attached to an aromatic ring is 2. The average molecular weight is 289 g/mol. The summed E-state index contributed by atoms with van der Waals surface area (Å²) in [5, 5.41) is 3.18. The van der Waals surface area contributed by atoms with Gasteiger partial charge in [0.05, 0.1) is 17.1 Å². The first-order chi connectivity index (χ1) is 9.97. The second-order valence-corrected chi connectivity index (χ2v) is 5.12. The highest BCUT2D eigenvalue weighted by atomic mass is 19.1. The van der Waals surface area contributed by atoms with Gasteiger partial charge in [0.2, 0.25) is 0 Å². The van der Waals surface area contributed by atoms with Gasteiger partial charge in [-0.25, -0.2) is 4.39 Å². The van der Waals surface area contributed by atoms with Gasteiger partial charge in [0.25, 0.3) is 0 Å². The van der Waals surface area contributed by atoms with Crippen LogP contribution in [0.3, 0.4) is 0 Å². The van der Waals surface area contributed by atoms with Crippen LogP contribution in [-0.2, 0) is 0 Å². The molecule has 0 aliphatic carbocycles. The number of rotatable bonds is 5. The first-order valence-electron chi connectivity index (χ1n) is 6.67. The number of nitrogens with two attached hydrogens (primary N) is 2. The maximum atomic E-state index is 13.8. The maximum Gasteiger partial charge on any atom is 0.125 e. The SMILES string of the molecule is CN(C)CCNc1cc(F)cc(-c2nccc(N)c2N)c1. The molecule has 0 saturated heterocycles. The van der Waals surface area contributed by atoms with Crippen LogP contribution in [-0.4, -0.2) is 37.1 Å². The molecule has 0 radical (unpaired) electrons. The van der Waals surface area contributed by atoms with Gasteiger partial charge in [-0.1, -0.05) is 0 Å². The summed E-state index contributed by atoms with van der Waals surface area (Å²) in [5.74, 6) is -0.344. The van der Waals surface area contributed by atoms with Crippen molar-refractivity contribution >= 4 is 17.1 Å². The van der Waals surface area contributed by atoms with Crippen molar-refractivity contribution in [2.75, 3.05) is 44.0 Å². The molecule has 112 valence electrons. The smallest absolute Gasteiger partial charge is 0.125 e. The molecule has 5 nitrogen and oxygen atoms in total. The lowest BCUT2D eigenvalue weighted by molar-refractivity contribution is 0.425. The molecule has 5 N–H and O–H groups in total. The Morgan fingerprint density at radius 1 is 1.24 bits per heavy atom. The highest BCUT2D eigenvalue weighted by Crippen LogP contribution is 2.30. The minimum absolute atomic E-state index is 0.344. The van der Waals surface area contributed by atoms with Gasteiger partial charge in [0.1, 0.15) is 5.82 Å². The van der Waals surface area contributed by atoms with Crippen LogP contribution in [0.1, 0.15) is 0 Å². The lowest BCUT2D eigenvalue weighted by atomic mass is 10.1. The summed E-state index contributed by atoms with van der Waals surface area (Å²) < 4.78 is 13.8. The molecule has 6 heteroatoms. The third-order valence-corrected chi connectivity index (χ3v) is 3.08. The molecule has 2 rings (SSSR count). The Morgan fingerprint density at radius 2 is 2.00 bits per heavy atom. The average Bonchev–Trinajstić information content (AvgIpc) is 2.41. The fourth-order valence-electron chi connectivity index (χ4n) is 1.97. The number of likely N-dealkylation sites (N-methyl/N-ethyl adjacent to an activating group) is 1. The molecule has 0 aliphatic heterocycles. The van der Waals surface area contributed by atoms with Gasteiger partial charge in [-0.15, -0.1) is 0 Å². The summed E-state index contributed by atoms with van der Waals surface area (Å²) in [5.41, 5.74) is 14.3. The fraction of sp³-hybridized carbons (Fsp3) is 0.267. The van der Waals surface area contributed by atoms with Crippen molar-refractivity contribution in [2.45, 2.75) is 0 Å². The fourth-order valence-corrected chi connectivity index (χ4v) is 1.97. The summed E-state index contributed by atoms with van der Waals surface area (Å²) >= 11 is 0. The largest absolute Gasteiger partial charge is 0.397 e. The van der Waals surface area contributed by atoms with Crippen molar-refractivity contribution < 1.29 is 4.39 Å². The second kappa shape index (κ2) is 6.41. The van der Waals surface area contributed by atoms with Crippen LogP contribution >= 0.6 is 0 Å². The van der Waals surface area contributed by atoms with E-state index in [2.05, 4.69) is 10.3 Å². The lowest BCUT2D eigenvalue weighted by Crippen LogP contribution is -2.20. The maximum absolute atomic E-state index is 13.8. The molecule has 1 aromatic heterocycles. The second-order valence-electron chi connectivity index (χ2n) is 5.12. The van der Waals surface area contributed by atoms with E-state index in [1.54, 1.807) is 12.3 Å². The Hall–Kier alpha value is -2.34. The Morgan fingerprint density at radius 3 is 2.71 bits per heavy atom. The van der Waals surface area contributed by atoms with Gasteiger partial charge in [0.15, 0.2) is 0 Å². The standard InChI is InChI=1S/C15H20FN5/c1-21(2)6-5-19-12-8-10(7-11(16)9-12)15-14(18)13(17)3-4-20-15/h3-4,7-9,19H,5-6,18H2,1-2H3,(H2,17,20). The molecule has 0 fully saturated rings. The highest BCUT2D eigenvalue weighted by molar-refractivity contribution is 5.82. The summed E-state index contributed by atoms with van der Waals surface area (Å²) in [6, 6.07) is 6.28. The number of nitrogens with zero attached hydrogens (tertiary/aromatic N) is 2. The summed E-state index contributed by atoms with van der Waals surface area (Å²) in [6.45, 7) is 1.57.